The molecule has 0 aliphatic carbocycles. The first-order valence-corrected chi connectivity index (χ1v) is 4.58. The van der Waals surface area contributed by atoms with Crippen molar-refractivity contribution in [2.24, 2.45) is 0 Å². The zero-order chi connectivity index (χ0) is 8.10. The van der Waals surface area contributed by atoms with Crippen molar-refractivity contribution in [2.75, 3.05) is 5.21 Å². The Kier molecular flexibility index (Phi) is 3.28. The summed E-state index contributed by atoms with van der Waals surface area (Å²) in [5.74, 6) is 0. The quantitative estimate of drug-likeness (QED) is 0.520. The number of alkyl halides is 1. The van der Waals surface area contributed by atoms with Gasteiger partial charge in [-0.1, -0.05) is 6.07 Å². The summed E-state index contributed by atoms with van der Waals surface area (Å²) in [6, 6.07) is 9.46. The maximum Gasteiger partial charge on any atom is 0.0992 e. The van der Waals surface area contributed by atoms with E-state index in [1.165, 1.54) is 11.8 Å². The molecule has 1 rings (SSSR count). The molecule has 0 amide bonds. The van der Waals surface area contributed by atoms with Crippen molar-refractivity contribution < 1.29 is 0 Å². The molecule has 0 unspecified atom stereocenters. The highest BCUT2D eigenvalue weighted by Crippen LogP contribution is 2.19. The minimum absolute atomic E-state index is 0.523. The number of nitrogens with zero attached hydrogens (tertiary/aromatic N) is 1. The van der Waals surface area contributed by atoms with E-state index < -0.39 is 0 Å². The SMILES string of the molecule is N#Cc1cccc(SCCl)c1. The van der Waals surface area contributed by atoms with Crippen LogP contribution in [0.2, 0.25) is 0 Å². The Bertz CT molecular complexity index is 280. The van der Waals surface area contributed by atoms with E-state index in [2.05, 4.69) is 6.07 Å². The molecular formula is C8H6ClNS. The molecule has 1 aromatic carbocycles. The number of thioether (sulfide) groups is 1. The number of halogens is 1. The molecule has 0 N–H and O–H groups in total. The van der Waals surface area contributed by atoms with Gasteiger partial charge in [0.05, 0.1) is 16.8 Å². The highest BCUT2D eigenvalue weighted by Gasteiger charge is 1.93. The molecule has 0 bridgehead atoms. The smallest absolute Gasteiger partial charge is 0.0992 e. The summed E-state index contributed by atoms with van der Waals surface area (Å²) >= 11 is 7.03. The van der Waals surface area contributed by atoms with Crippen LogP contribution in [0.5, 0.6) is 0 Å². The Morgan fingerprint density at radius 1 is 1.55 bits per heavy atom. The molecule has 0 heterocycles. The predicted octanol–water partition coefficient (Wildman–Crippen LogP) is 2.85. The largest absolute Gasteiger partial charge is 0.192 e. The van der Waals surface area contributed by atoms with Gasteiger partial charge in [0.1, 0.15) is 0 Å². The number of rotatable bonds is 2. The predicted molar refractivity (Wildman–Crippen MR) is 47.7 cm³/mol. The highest BCUT2D eigenvalue weighted by molar-refractivity contribution is 8.00. The summed E-state index contributed by atoms with van der Waals surface area (Å²) in [7, 11) is 0. The Labute approximate surface area is 75.0 Å². The zero-order valence-corrected chi connectivity index (χ0v) is 7.32. The third kappa shape index (κ3) is 2.45. The van der Waals surface area contributed by atoms with Gasteiger partial charge in [0.25, 0.3) is 0 Å². The summed E-state index contributed by atoms with van der Waals surface area (Å²) in [4.78, 5) is 1.04. The lowest BCUT2D eigenvalue weighted by molar-refractivity contribution is 1.41. The lowest BCUT2D eigenvalue weighted by Crippen LogP contribution is -1.74. The lowest BCUT2D eigenvalue weighted by Gasteiger charge is -1.95. The standard InChI is InChI=1S/C8H6ClNS/c9-6-11-8-3-1-2-7(4-8)5-10/h1-4H,6H2. The molecule has 0 radical (unpaired) electrons. The van der Waals surface area contributed by atoms with Crippen LogP contribution < -0.4 is 0 Å². The van der Waals surface area contributed by atoms with Crippen molar-refractivity contribution in [3.05, 3.63) is 29.8 Å². The maximum absolute atomic E-state index is 8.54. The van der Waals surface area contributed by atoms with E-state index in [1.54, 1.807) is 6.07 Å². The molecule has 1 nitrogen and oxygen atoms in total. The molecule has 0 atom stereocenters. The van der Waals surface area contributed by atoms with E-state index in [-0.39, 0.29) is 0 Å². The average molecular weight is 184 g/mol. The van der Waals surface area contributed by atoms with Gasteiger partial charge in [0.15, 0.2) is 0 Å². The molecule has 0 aliphatic rings. The average Bonchev–Trinajstić information content (AvgIpc) is 2.06. The van der Waals surface area contributed by atoms with Gasteiger partial charge in [-0.05, 0) is 18.2 Å². The first-order valence-electron chi connectivity index (χ1n) is 3.06. The first-order chi connectivity index (χ1) is 5.36. The third-order valence-electron chi connectivity index (χ3n) is 1.18. The van der Waals surface area contributed by atoms with E-state index in [1.807, 2.05) is 18.2 Å². The van der Waals surface area contributed by atoms with E-state index in [0.717, 1.165) is 4.90 Å². The van der Waals surface area contributed by atoms with Crippen LogP contribution in [-0.2, 0) is 0 Å². The lowest BCUT2D eigenvalue weighted by atomic mass is 10.2. The Hall–Kier alpha value is -0.650. The molecule has 11 heavy (non-hydrogen) atoms. The fourth-order valence-corrected chi connectivity index (χ4v) is 1.61. The summed E-state index contributed by atoms with van der Waals surface area (Å²) < 4.78 is 0. The minimum atomic E-state index is 0.523. The second-order valence-corrected chi connectivity index (χ2v) is 3.53. The summed E-state index contributed by atoms with van der Waals surface area (Å²) in [5, 5.41) is 9.06. The first kappa shape index (κ1) is 8.45. The van der Waals surface area contributed by atoms with Gasteiger partial charge in [-0.25, -0.2) is 0 Å². The van der Waals surface area contributed by atoms with Crippen LogP contribution in [-0.4, -0.2) is 5.21 Å². The van der Waals surface area contributed by atoms with Crippen molar-refractivity contribution >= 4 is 23.4 Å². The van der Waals surface area contributed by atoms with E-state index >= 15 is 0 Å². The van der Waals surface area contributed by atoms with Crippen LogP contribution in [0.4, 0.5) is 0 Å². The second-order valence-electron chi connectivity index (χ2n) is 1.89. The molecular weight excluding hydrogens is 178 g/mol. The van der Waals surface area contributed by atoms with Gasteiger partial charge < -0.3 is 0 Å². The van der Waals surface area contributed by atoms with Crippen LogP contribution in [0.15, 0.2) is 29.2 Å². The Morgan fingerprint density at radius 2 is 2.36 bits per heavy atom. The van der Waals surface area contributed by atoms with Crippen LogP contribution in [0.25, 0.3) is 0 Å². The zero-order valence-electron chi connectivity index (χ0n) is 5.75. The molecule has 1 aromatic rings. The number of benzene rings is 1. The molecule has 56 valence electrons. The summed E-state index contributed by atoms with van der Waals surface area (Å²) in [5.41, 5.74) is 0.681. The number of hydrogen-bond donors (Lipinski definition) is 0. The third-order valence-corrected chi connectivity index (χ3v) is 2.21. The van der Waals surface area contributed by atoms with E-state index in [4.69, 9.17) is 16.9 Å². The van der Waals surface area contributed by atoms with Crippen LogP contribution in [0.1, 0.15) is 5.56 Å². The maximum atomic E-state index is 8.54. The van der Waals surface area contributed by atoms with Gasteiger partial charge in [-0.15, -0.1) is 23.4 Å². The van der Waals surface area contributed by atoms with Gasteiger partial charge in [0.2, 0.25) is 0 Å². The van der Waals surface area contributed by atoms with Crippen molar-refractivity contribution in [3.63, 3.8) is 0 Å². The fourth-order valence-electron chi connectivity index (χ4n) is 0.718. The number of nitriles is 1. The van der Waals surface area contributed by atoms with Crippen molar-refractivity contribution in [3.8, 4) is 6.07 Å². The van der Waals surface area contributed by atoms with Crippen LogP contribution in [0, 0.1) is 11.3 Å². The monoisotopic (exact) mass is 183 g/mol. The summed E-state index contributed by atoms with van der Waals surface area (Å²) in [6.07, 6.45) is 0. The molecule has 0 aliphatic heterocycles. The number of hydrogen-bond acceptors (Lipinski definition) is 2. The van der Waals surface area contributed by atoms with E-state index in [0.29, 0.717) is 10.8 Å². The Morgan fingerprint density at radius 3 is 3.00 bits per heavy atom. The molecule has 0 spiro atoms. The topological polar surface area (TPSA) is 23.8 Å². The Balaban J connectivity index is 2.85. The van der Waals surface area contributed by atoms with Gasteiger partial charge >= 0.3 is 0 Å². The molecule has 0 aromatic heterocycles. The second kappa shape index (κ2) is 4.27. The minimum Gasteiger partial charge on any atom is -0.192 e. The van der Waals surface area contributed by atoms with E-state index in [9.17, 15) is 0 Å². The van der Waals surface area contributed by atoms with Crippen molar-refractivity contribution in [2.45, 2.75) is 4.90 Å². The highest BCUT2D eigenvalue weighted by atomic mass is 35.5. The van der Waals surface area contributed by atoms with Crippen molar-refractivity contribution in [1.82, 2.24) is 0 Å². The molecule has 0 saturated carbocycles. The molecule has 0 saturated heterocycles. The molecule has 3 heteroatoms. The van der Waals surface area contributed by atoms with Crippen molar-refractivity contribution in [1.29, 1.82) is 5.26 Å². The fraction of sp³-hybridized carbons (Fsp3) is 0.125. The van der Waals surface area contributed by atoms with Gasteiger partial charge in [0, 0.05) is 4.90 Å². The molecule has 0 fully saturated rings. The normalized spacial score (nSPS) is 9.09. The van der Waals surface area contributed by atoms with Crippen LogP contribution in [0.3, 0.4) is 0 Å². The van der Waals surface area contributed by atoms with Gasteiger partial charge in [-0.2, -0.15) is 5.26 Å². The van der Waals surface area contributed by atoms with Crippen LogP contribution >= 0.6 is 23.4 Å². The summed E-state index contributed by atoms with van der Waals surface area (Å²) in [6.45, 7) is 0. The van der Waals surface area contributed by atoms with Gasteiger partial charge in [-0.3, -0.25) is 0 Å².